The van der Waals surface area contributed by atoms with Gasteiger partial charge in [-0.05, 0) is 31.0 Å². The predicted octanol–water partition coefficient (Wildman–Crippen LogP) is 0.903. The quantitative estimate of drug-likeness (QED) is 0.710. The number of nitrogens with zero attached hydrogens (tertiary/aromatic N) is 1. The van der Waals surface area contributed by atoms with Gasteiger partial charge in [0.2, 0.25) is 11.8 Å². The molecule has 1 aromatic carbocycles. The van der Waals surface area contributed by atoms with Crippen molar-refractivity contribution in [3.05, 3.63) is 35.4 Å². The van der Waals surface area contributed by atoms with Crippen LogP contribution in [0.1, 0.15) is 37.9 Å². The molecule has 3 N–H and O–H groups in total. The number of hydrogen-bond acceptors (Lipinski definition) is 4. The minimum Gasteiger partial charge on any atom is -0.479 e. The van der Waals surface area contributed by atoms with Crippen LogP contribution in [0.25, 0.3) is 0 Å². The highest BCUT2D eigenvalue weighted by Gasteiger charge is 2.41. The maximum Gasteiger partial charge on any atom is 0.331 e. The highest BCUT2D eigenvalue weighted by molar-refractivity contribution is 5.93. The first-order valence-corrected chi connectivity index (χ1v) is 8.36. The average Bonchev–Trinajstić information content (AvgIpc) is 2.97. The van der Waals surface area contributed by atoms with Gasteiger partial charge < -0.3 is 20.6 Å². The molecule has 0 saturated heterocycles. The van der Waals surface area contributed by atoms with E-state index in [1.54, 1.807) is 26.1 Å². The highest BCUT2D eigenvalue weighted by atomic mass is 16.4. The first kappa shape index (κ1) is 18.9. The van der Waals surface area contributed by atoms with E-state index in [2.05, 4.69) is 10.6 Å². The number of carboxylic acid groups (broad SMARTS) is 1. The predicted molar refractivity (Wildman–Crippen MR) is 92.7 cm³/mol. The van der Waals surface area contributed by atoms with Crippen molar-refractivity contribution in [2.75, 3.05) is 7.05 Å². The van der Waals surface area contributed by atoms with Gasteiger partial charge in [-0.15, -0.1) is 0 Å². The minimum absolute atomic E-state index is 0.168. The number of aliphatic carboxylic acids is 1. The lowest BCUT2D eigenvalue weighted by atomic mass is 10.0. The number of benzene rings is 1. The molecule has 0 aromatic heterocycles. The number of nitrogens with one attached hydrogen (secondary N) is 2. The first-order valence-electron chi connectivity index (χ1n) is 8.36. The molecule has 2 unspecified atom stereocenters. The van der Waals surface area contributed by atoms with Crippen LogP contribution in [0, 0.1) is 5.92 Å². The second-order valence-corrected chi connectivity index (χ2v) is 6.65. The van der Waals surface area contributed by atoms with Gasteiger partial charge in [-0.1, -0.05) is 38.1 Å². The van der Waals surface area contributed by atoms with Gasteiger partial charge >= 0.3 is 5.97 Å². The number of fused-ring (bicyclic) bond motifs is 1. The zero-order chi connectivity index (χ0) is 18.7. The second-order valence-electron chi connectivity index (χ2n) is 6.65. The molecule has 7 nitrogen and oxygen atoms in total. The zero-order valence-electron chi connectivity index (χ0n) is 14.9. The molecule has 0 aliphatic carbocycles. The SMILES string of the molecule is CNC(C)C(=O)NC(C(=O)N1Cc2ccccc2[C@H]1C(=O)O)C(C)C. The van der Waals surface area contributed by atoms with Gasteiger partial charge in [0.1, 0.15) is 6.04 Å². The molecule has 3 atom stereocenters. The third kappa shape index (κ3) is 3.82. The van der Waals surface area contributed by atoms with Gasteiger partial charge in [-0.25, -0.2) is 4.79 Å². The number of carbonyl (C=O) groups excluding carboxylic acids is 2. The Morgan fingerprint density at radius 3 is 2.40 bits per heavy atom. The van der Waals surface area contributed by atoms with Crippen molar-refractivity contribution >= 4 is 17.8 Å². The van der Waals surface area contributed by atoms with Crippen molar-refractivity contribution in [1.29, 1.82) is 0 Å². The maximum atomic E-state index is 13.0. The van der Waals surface area contributed by atoms with Crippen molar-refractivity contribution in [3.8, 4) is 0 Å². The normalized spacial score (nSPS) is 18.6. The number of carbonyl (C=O) groups is 3. The van der Waals surface area contributed by atoms with E-state index in [9.17, 15) is 19.5 Å². The van der Waals surface area contributed by atoms with Crippen LogP contribution in [0.2, 0.25) is 0 Å². The molecule has 25 heavy (non-hydrogen) atoms. The highest BCUT2D eigenvalue weighted by Crippen LogP contribution is 2.34. The topological polar surface area (TPSA) is 98.7 Å². The fourth-order valence-corrected chi connectivity index (χ4v) is 2.96. The van der Waals surface area contributed by atoms with Crippen molar-refractivity contribution in [3.63, 3.8) is 0 Å². The lowest BCUT2D eigenvalue weighted by Gasteiger charge is -2.30. The van der Waals surface area contributed by atoms with E-state index in [-0.39, 0.29) is 24.3 Å². The molecule has 1 aliphatic rings. The lowest BCUT2D eigenvalue weighted by Crippen LogP contribution is -2.54. The lowest BCUT2D eigenvalue weighted by molar-refractivity contribution is -0.152. The fourth-order valence-electron chi connectivity index (χ4n) is 2.96. The summed E-state index contributed by atoms with van der Waals surface area (Å²) in [5.74, 6) is -1.91. The number of amides is 2. The van der Waals surface area contributed by atoms with Crippen LogP contribution in [0.3, 0.4) is 0 Å². The Balaban J connectivity index is 2.27. The van der Waals surface area contributed by atoms with Crippen LogP contribution in [0.5, 0.6) is 0 Å². The molecular formula is C18H25N3O4. The van der Waals surface area contributed by atoms with Gasteiger partial charge in [-0.2, -0.15) is 0 Å². The molecular weight excluding hydrogens is 322 g/mol. The molecule has 7 heteroatoms. The summed E-state index contributed by atoms with van der Waals surface area (Å²) in [6.07, 6.45) is 0. The van der Waals surface area contributed by atoms with E-state index >= 15 is 0 Å². The summed E-state index contributed by atoms with van der Waals surface area (Å²) >= 11 is 0. The summed E-state index contributed by atoms with van der Waals surface area (Å²) in [5, 5.41) is 15.2. The Labute approximate surface area is 147 Å². The fraction of sp³-hybridized carbons (Fsp3) is 0.500. The zero-order valence-corrected chi connectivity index (χ0v) is 14.9. The largest absolute Gasteiger partial charge is 0.479 e. The van der Waals surface area contributed by atoms with Gasteiger partial charge in [-0.3, -0.25) is 9.59 Å². The molecule has 2 rings (SSSR count). The van der Waals surface area contributed by atoms with Gasteiger partial charge in [0.25, 0.3) is 0 Å². The van der Waals surface area contributed by atoms with E-state index in [1.165, 1.54) is 4.90 Å². The molecule has 0 spiro atoms. The van der Waals surface area contributed by atoms with Crippen LogP contribution in [0.4, 0.5) is 0 Å². The summed E-state index contributed by atoms with van der Waals surface area (Å²) in [6.45, 7) is 5.58. The molecule has 136 valence electrons. The third-order valence-electron chi connectivity index (χ3n) is 4.58. The van der Waals surface area contributed by atoms with Crippen LogP contribution in [-0.2, 0) is 20.9 Å². The first-order chi connectivity index (χ1) is 11.8. The number of likely N-dealkylation sites (N-methyl/N-ethyl adjacent to an activating group) is 1. The van der Waals surface area contributed by atoms with E-state index < -0.39 is 24.1 Å². The molecule has 0 radical (unpaired) electrons. The number of rotatable bonds is 6. The molecule has 0 bridgehead atoms. The van der Waals surface area contributed by atoms with Crippen LogP contribution in [0.15, 0.2) is 24.3 Å². The van der Waals surface area contributed by atoms with Crippen molar-refractivity contribution in [1.82, 2.24) is 15.5 Å². The number of carboxylic acids is 1. The minimum atomic E-state index is -1.07. The molecule has 1 heterocycles. The van der Waals surface area contributed by atoms with E-state index in [4.69, 9.17) is 0 Å². The van der Waals surface area contributed by atoms with Crippen LogP contribution >= 0.6 is 0 Å². The van der Waals surface area contributed by atoms with E-state index in [0.717, 1.165) is 5.56 Å². The standard InChI is InChI=1S/C18H25N3O4/c1-10(2)14(20-16(22)11(3)19-4)17(23)21-9-12-7-5-6-8-13(12)15(21)18(24)25/h5-8,10-11,14-15,19H,9H2,1-4H3,(H,20,22)(H,24,25)/t11?,14?,15-/m0/s1. The van der Waals surface area contributed by atoms with Crippen LogP contribution < -0.4 is 10.6 Å². The van der Waals surface area contributed by atoms with Crippen molar-refractivity contribution in [2.45, 2.75) is 45.4 Å². The molecule has 2 amide bonds. The van der Waals surface area contributed by atoms with E-state index in [0.29, 0.717) is 5.56 Å². The van der Waals surface area contributed by atoms with Crippen LogP contribution in [-0.4, -0.2) is 46.9 Å². The smallest absolute Gasteiger partial charge is 0.331 e. The summed E-state index contributed by atoms with van der Waals surface area (Å²) in [7, 11) is 1.66. The summed E-state index contributed by atoms with van der Waals surface area (Å²) in [6, 6.07) is 4.89. The summed E-state index contributed by atoms with van der Waals surface area (Å²) in [5.41, 5.74) is 1.45. The molecule has 1 aromatic rings. The van der Waals surface area contributed by atoms with Gasteiger partial charge in [0.05, 0.1) is 6.04 Å². The second kappa shape index (κ2) is 7.65. The molecule has 1 aliphatic heterocycles. The Bertz CT molecular complexity index is 674. The van der Waals surface area contributed by atoms with Gasteiger partial charge in [0.15, 0.2) is 6.04 Å². The molecule has 0 saturated carbocycles. The Morgan fingerprint density at radius 1 is 1.20 bits per heavy atom. The Hall–Kier alpha value is -2.41. The summed E-state index contributed by atoms with van der Waals surface area (Å²) < 4.78 is 0. The van der Waals surface area contributed by atoms with Crippen molar-refractivity contribution in [2.24, 2.45) is 5.92 Å². The maximum absolute atomic E-state index is 13.0. The van der Waals surface area contributed by atoms with Crippen molar-refractivity contribution < 1.29 is 19.5 Å². The third-order valence-corrected chi connectivity index (χ3v) is 4.58. The monoisotopic (exact) mass is 347 g/mol. The molecule has 0 fully saturated rings. The Kier molecular flexibility index (Phi) is 5.79. The average molecular weight is 347 g/mol. The number of hydrogen-bond donors (Lipinski definition) is 3. The van der Waals surface area contributed by atoms with Gasteiger partial charge in [0, 0.05) is 6.54 Å². The Morgan fingerprint density at radius 2 is 1.84 bits per heavy atom. The van der Waals surface area contributed by atoms with E-state index in [1.807, 2.05) is 26.0 Å². The summed E-state index contributed by atoms with van der Waals surface area (Å²) in [4.78, 5) is 38.3.